The summed E-state index contributed by atoms with van der Waals surface area (Å²) in [4.78, 5) is 30.1. The van der Waals surface area contributed by atoms with Gasteiger partial charge in [0.15, 0.2) is 0 Å². The van der Waals surface area contributed by atoms with Crippen molar-refractivity contribution in [2.75, 3.05) is 0 Å². The minimum Gasteiger partial charge on any atom is -0.438 e. The number of hydrogen-bond acceptors (Lipinski definition) is 4. The average molecular weight is 320 g/mol. The van der Waals surface area contributed by atoms with Gasteiger partial charge in [-0.15, -0.1) is 0 Å². The van der Waals surface area contributed by atoms with E-state index >= 15 is 0 Å². The highest BCUT2D eigenvalue weighted by molar-refractivity contribution is 5.82. The number of benzene rings is 2. The van der Waals surface area contributed by atoms with Gasteiger partial charge in [-0.1, -0.05) is 36.4 Å². The third kappa shape index (κ3) is 4.43. The minimum atomic E-state index is -0.637. The summed E-state index contributed by atoms with van der Waals surface area (Å²) in [5, 5.41) is 0. The second-order valence-electron chi connectivity index (χ2n) is 4.61. The fourth-order valence-electron chi connectivity index (χ4n) is 1.82. The number of rotatable bonds is 5. The maximum absolute atomic E-state index is 11.8. The van der Waals surface area contributed by atoms with Gasteiger partial charge in [0, 0.05) is 0 Å². The molecule has 0 saturated heterocycles. The third-order valence-electron chi connectivity index (χ3n) is 2.95. The second kappa shape index (κ2) is 8.11. The first-order valence-corrected chi connectivity index (χ1v) is 6.98. The summed E-state index contributed by atoms with van der Waals surface area (Å²) >= 11 is 0. The lowest BCUT2D eigenvalue weighted by molar-refractivity contribution is -0.140. The number of nitrogens with zero attached hydrogens (tertiary/aromatic N) is 2. The lowest BCUT2D eigenvalue weighted by Crippen LogP contribution is -2.14. The van der Waals surface area contributed by atoms with Gasteiger partial charge in [0.1, 0.15) is 11.5 Å². The van der Waals surface area contributed by atoms with Gasteiger partial charge in [0.05, 0.1) is 26.0 Å². The standard InChI is InChI=1S/C18H12N2O4/c1-19-13-7-3-5-9-15(13)23-17(21)11-12-18(22)24-16-10-6-4-8-14(16)20-2/h3-10H,11-12H2. The molecule has 2 rings (SSSR count). The quantitative estimate of drug-likeness (QED) is 0.473. The van der Waals surface area contributed by atoms with Crippen LogP contribution < -0.4 is 9.47 Å². The lowest BCUT2D eigenvalue weighted by atomic mass is 10.3. The normalized spacial score (nSPS) is 9.42. The van der Waals surface area contributed by atoms with Crippen molar-refractivity contribution in [3.05, 3.63) is 71.4 Å². The zero-order chi connectivity index (χ0) is 17.4. The van der Waals surface area contributed by atoms with Gasteiger partial charge in [-0.05, 0) is 12.1 Å². The summed E-state index contributed by atoms with van der Waals surface area (Å²) in [7, 11) is 0. The van der Waals surface area contributed by atoms with Crippen molar-refractivity contribution in [1.82, 2.24) is 0 Å². The van der Waals surface area contributed by atoms with Crippen molar-refractivity contribution < 1.29 is 19.1 Å². The van der Waals surface area contributed by atoms with E-state index in [1.54, 1.807) is 24.3 Å². The highest BCUT2D eigenvalue weighted by Gasteiger charge is 2.14. The Morgan fingerprint density at radius 1 is 0.750 bits per heavy atom. The highest BCUT2D eigenvalue weighted by Crippen LogP contribution is 2.28. The van der Waals surface area contributed by atoms with Crippen LogP contribution in [0.1, 0.15) is 12.8 Å². The Morgan fingerprint density at radius 2 is 1.12 bits per heavy atom. The Labute approximate surface area is 138 Å². The van der Waals surface area contributed by atoms with Crippen LogP contribution in [0.3, 0.4) is 0 Å². The van der Waals surface area contributed by atoms with Crippen LogP contribution in [0.5, 0.6) is 11.5 Å². The molecule has 6 nitrogen and oxygen atoms in total. The molecule has 0 atom stereocenters. The van der Waals surface area contributed by atoms with E-state index in [4.69, 9.17) is 22.6 Å². The minimum absolute atomic E-state index is 0.157. The Bertz CT molecular complexity index is 775. The molecule has 0 N–H and O–H groups in total. The van der Waals surface area contributed by atoms with Crippen molar-refractivity contribution >= 4 is 23.3 Å². The maximum atomic E-state index is 11.8. The number of hydrogen-bond donors (Lipinski definition) is 0. The number of para-hydroxylation sites is 4. The molecule has 0 aliphatic carbocycles. The Morgan fingerprint density at radius 3 is 1.50 bits per heavy atom. The van der Waals surface area contributed by atoms with Crippen molar-refractivity contribution in [3.8, 4) is 11.5 Å². The zero-order valence-corrected chi connectivity index (χ0v) is 12.6. The van der Waals surface area contributed by atoms with Crippen LogP contribution in [0.25, 0.3) is 9.69 Å². The summed E-state index contributed by atoms with van der Waals surface area (Å²) in [6.07, 6.45) is -0.378. The Kier molecular flexibility index (Phi) is 5.65. The van der Waals surface area contributed by atoms with Gasteiger partial charge in [-0.25, -0.2) is 9.69 Å². The third-order valence-corrected chi connectivity index (χ3v) is 2.95. The molecule has 0 aromatic heterocycles. The van der Waals surface area contributed by atoms with Crippen molar-refractivity contribution in [1.29, 1.82) is 0 Å². The van der Waals surface area contributed by atoms with Gasteiger partial charge in [0.25, 0.3) is 0 Å². The molecular formula is C18H12N2O4. The summed E-state index contributed by atoms with van der Waals surface area (Å²) in [5.74, 6) is -0.962. The topological polar surface area (TPSA) is 61.3 Å². The zero-order valence-electron chi connectivity index (χ0n) is 12.6. The Hall–Kier alpha value is -3.64. The van der Waals surface area contributed by atoms with E-state index < -0.39 is 11.9 Å². The molecular weight excluding hydrogens is 308 g/mol. The summed E-state index contributed by atoms with van der Waals surface area (Å²) in [6.45, 7) is 14.0. The van der Waals surface area contributed by atoms with E-state index in [1.165, 1.54) is 24.3 Å². The molecule has 0 radical (unpaired) electrons. The van der Waals surface area contributed by atoms with Crippen LogP contribution in [0.15, 0.2) is 48.5 Å². The van der Waals surface area contributed by atoms with Gasteiger partial charge in [-0.2, -0.15) is 0 Å². The van der Waals surface area contributed by atoms with Crippen molar-refractivity contribution in [2.24, 2.45) is 0 Å². The molecule has 6 heteroatoms. The fraction of sp³-hybridized carbons (Fsp3) is 0.111. The SMILES string of the molecule is [C-]#[N+]c1ccccc1OC(=O)CCC(=O)Oc1ccccc1[N+]#[C-]. The van der Waals surface area contributed by atoms with Crippen LogP contribution in [0.2, 0.25) is 0 Å². The molecule has 2 aromatic carbocycles. The second-order valence-corrected chi connectivity index (χ2v) is 4.61. The predicted molar refractivity (Wildman–Crippen MR) is 85.9 cm³/mol. The van der Waals surface area contributed by atoms with Crippen molar-refractivity contribution in [3.63, 3.8) is 0 Å². The number of esters is 2. The lowest BCUT2D eigenvalue weighted by Gasteiger charge is -2.07. The van der Waals surface area contributed by atoms with Crippen molar-refractivity contribution in [2.45, 2.75) is 12.8 Å². The van der Waals surface area contributed by atoms with Gasteiger partial charge < -0.3 is 9.47 Å². The number of carbonyl (C=O) groups excluding carboxylic acids is 2. The summed E-state index contributed by atoms with van der Waals surface area (Å²) in [6, 6.07) is 12.7. The van der Waals surface area contributed by atoms with Crippen LogP contribution in [-0.4, -0.2) is 11.9 Å². The molecule has 0 amide bonds. The maximum Gasteiger partial charge on any atom is 0.310 e. The first kappa shape index (κ1) is 16.7. The molecule has 0 aliphatic heterocycles. The van der Waals surface area contributed by atoms with E-state index in [0.29, 0.717) is 0 Å². The Balaban J connectivity index is 1.89. The number of ether oxygens (including phenoxy) is 2. The summed E-state index contributed by atoms with van der Waals surface area (Å²) < 4.78 is 10.1. The van der Waals surface area contributed by atoms with E-state index in [0.717, 1.165) is 0 Å². The van der Waals surface area contributed by atoms with Crippen LogP contribution in [-0.2, 0) is 9.59 Å². The molecule has 118 valence electrons. The van der Waals surface area contributed by atoms with Gasteiger partial charge in [0.2, 0.25) is 11.4 Å². The molecule has 0 saturated carbocycles. The van der Waals surface area contributed by atoms with E-state index in [9.17, 15) is 9.59 Å². The molecule has 0 fully saturated rings. The smallest absolute Gasteiger partial charge is 0.310 e. The van der Waals surface area contributed by atoms with Gasteiger partial charge in [-0.3, -0.25) is 9.59 Å². The van der Waals surface area contributed by atoms with E-state index in [-0.39, 0.29) is 35.7 Å². The molecule has 24 heavy (non-hydrogen) atoms. The molecule has 2 aromatic rings. The number of carbonyl (C=O) groups is 2. The molecule has 0 unspecified atom stereocenters. The molecule has 0 bridgehead atoms. The predicted octanol–water partition coefficient (Wildman–Crippen LogP) is 4.08. The monoisotopic (exact) mass is 320 g/mol. The first-order valence-electron chi connectivity index (χ1n) is 6.98. The van der Waals surface area contributed by atoms with Gasteiger partial charge >= 0.3 is 11.9 Å². The first-order chi connectivity index (χ1) is 11.6. The molecule has 0 aliphatic rings. The molecule has 0 heterocycles. The van der Waals surface area contributed by atoms with Crippen LogP contribution in [0, 0.1) is 13.1 Å². The average Bonchev–Trinajstić information content (AvgIpc) is 2.61. The van der Waals surface area contributed by atoms with Crippen LogP contribution >= 0.6 is 0 Å². The highest BCUT2D eigenvalue weighted by atomic mass is 16.5. The molecule has 0 spiro atoms. The summed E-state index contributed by atoms with van der Waals surface area (Å²) in [5.41, 5.74) is 0.443. The van der Waals surface area contributed by atoms with E-state index in [2.05, 4.69) is 9.69 Å². The van der Waals surface area contributed by atoms with Crippen LogP contribution in [0.4, 0.5) is 11.4 Å². The van der Waals surface area contributed by atoms with E-state index in [1.807, 2.05) is 0 Å². The fourth-order valence-corrected chi connectivity index (χ4v) is 1.82. The largest absolute Gasteiger partial charge is 0.438 e.